The molecule has 2 aliphatic rings. The molecule has 0 bridgehead atoms. The molecule has 1 aliphatic carbocycles. The number of hydrogen-bond acceptors (Lipinski definition) is 6. The Balaban J connectivity index is 1.24. The van der Waals surface area contributed by atoms with Crippen LogP contribution in [-0.2, 0) is 11.3 Å². The fourth-order valence-corrected chi connectivity index (χ4v) is 4.85. The van der Waals surface area contributed by atoms with Crippen molar-refractivity contribution >= 4 is 28.0 Å². The van der Waals surface area contributed by atoms with Crippen LogP contribution in [0.4, 0.5) is 14.7 Å². The van der Waals surface area contributed by atoms with Crippen LogP contribution < -0.4 is 5.32 Å². The highest BCUT2D eigenvalue weighted by Gasteiger charge is 2.41. The van der Waals surface area contributed by atoms with Crippen molar-refractivity contribution in [3.05, 3.63) is 30.6 Å². The third-order valence-electron chi connectivity index (χ3n) is 6.76. The van der Waals surface area contributed by atoms with E-state index in [1.807, 2.05) is 18.3 Å². The van der Waals surface area contributed by atoms with Gasteiger partial charge in [-0.2, -0.15) is 4.98 Å². The van der Waals surface area contributed by atoms with Crippen LogP contribution in [0.3, 0.4) is 0 Å². The van der Waals surface area contributed by atoms with Crippen LogP contribution in [0.15, 0.2) is 30.6 Å². The molecule has 8 nitrogen and oxygen atoms in total. The average molecular weight is 439 g/mol. The zero-order valence-corrected chi connectivity index (χ0v) is 17.4. The van der Waals surface area contributed by atoms with Crippen molar-refractivity contribution in [3.63, 3.8) is 0 Å². The molecule has 0 radical (unpaired) electrons. The van der Waals surface area contributed by atoms with E-state index in [0.29, 0.717) is 28.4 Å². The van der Waals surface area contributed by atoms with Crippen molar-refractivity contribution in [2.24, 2.45) is 5.41 Å². The van der Waals surface area contributed by atoms with E-state index >= 15 is 0 Å². The van der Waals surface area contributed by atoms with Crippen LogP contribution in [0, 0.1) is 5.41 Å². The molecule has 0 amide bonds. The quantitative estimate of drug-likeness (QED) is 0.488. The highest BCUT2D eigenvalue weighted by molar-refractivity contribution is 5.95. The number of hydrogen-bond donors (Lipinski definition) is 2. The third-order valence-corrected chi connectivity index (χ3v) is 6.76. The average Bonchev–Trinajstić information content (AvgIpc) is 3.36. The summed E-state index contributed by atoms with van der Waals surface area (Å²) in [5, 5.41) is 12.2. The van der Waals surface area contributed by atoms with Gasteiger partial charge in [0.25, 0.3) is 6.43 Å². The third kappa shape index (κ3) is 3.38. The number of aromatic nitrogens is 6. The first-order valence-corrected chi connectivity index (χ1v) is 10.9. The summed E-state index contributed by atoms with van der Waals surface area (Å²) in [4.78, 5) is 12.4. The van der Waals surface area contributed by atoms with Gasteiger partial charge in [-0.15, -0.1) is 5.10 Å². The van der Waals surface area contributed by atoms with Gasteiger partial charge in [-0.3, -0.25) is 0 Å². The lowest BCUT2D eigenvalue weighted by atomic mass is 9.71. The van der Waals surface area contributed by atoms with Crippen LogP contribution >= 0.6 is 0 Å². The van der Waals surface area contributed by atoms with Crippen molar-refractivity contribution in [1.29, 1.82) is 0 Å². The van der Waals surface area contributed by atoms with Gasteiger partial charge in [0.2, 0.25) is 5.95 Å². The van der Waals surface area contributed by atoms with E-state index in [2.05, 4.69) is 30.6 Å². The molecule has 0 unspecified atom stereocenters. The Morgan fingerprint density at radius 1 is 1.25 bits per heavy atom. The molecule has 2 N–H and O–H groups in total. The number of ether oxygens (including phenoxy) is 1. The van der Waals surface area contributed by atoms with Gasteiger partial charge in [-0.05, 0) is 43.4 Å². The van der Waals surface area contributed by atoms with Crippen molar-refractivity contribution in [2.45, 2.75) is 44.7 Å². The first kappa shape index (κ1) is 19.5. The lowest BCUT2D eigenvalue weighted by molar-refractivity contribution is -0.131. The first-order chi connectivity index (χ1) is 15.6. The van der Waals surface area contributed by atoms with Crippen LogP contribution in [-0.4, -0.2) is 55.6 Å². The summed E-state index contributed by atoms with van der Waals surface area (Å²) in [7, 11) is 0. The molecule has 3 aromatic heterocycles. The minimum atomic E-state index is -2.49. The smallest absolute Gasteiger partial charge is 0.258 e. The molecule has 1 aromatic carbocycles. The number of halogens is 2. The maximum atomic E-state index is 12.9. The molecule has 2 fully saturated rings. The Kier molecular flexibility index (Phi) is 4.56. The standard InChI is InChI=1S/C22H23F2N7O/c23-19(24)10-31-18-7-13(1-2-17(18)29-30-31)15-8-25-20-16(15)9-26-21(28-20)27-14-3-5-22(6-4-14)11-32-12-22/h1-2,7-9,14,19H,3-6,10-12H2,(H2,25,26,27,28). The number of fused-ring (bicyclic) bond motifs is 2. The number of aromatic amines is 1. The van der Waals surface area contributed by atoms with Gasteiger partial charge in [0.05, 0.1) is 18.7 Å². The van der Waals surface area contributed by atoms with Crippen LogP contribution in [0.1, 0.15) is 25.7 Å². The zero-order chi connectivity index (χ0) is 21.7. The van der Waals surface area contributed by atoms with Crippen molar-refractivity contribution in [2.75, 3.05) is 18.5 Å². The number of H-pyrrole nitrogens is 1. The molecule has 32 heavy (non-hydrogen) atoms. The minimum Gasteiger partial charge on any atom is -0.380 e. The summed E-state index contributed by atoms with van der Waals surface area (Å²) < 4.78 is 32.3. The van der Waals surface area contributed by atoms with Crippen molar-refractivity contribution in [1.82, 2.24) is 29.9 Å². The molecule has 4 aromatic rings. The van der Waals surface area contributed by atoms with E-state index in [1.54, 1.807) is 12.3 Å². The molecule has 1 aliphatic heterocycles. The van der Waals surface area contributed by atoms with Gasteiger partial charge in [-0.25, -0.2) is 18.4 Å². The number of alkyl halides is 2. The summed E-state index contributed by atoms with van der Waals surface area (Å²) >= 11 is 0. The Bertz CT molecular complexity index is 1270. The van der Waals surface area contributed by atoms with Gasteiger partial charge in [0.15, 0.2) is 0 Å². The molecular weight excluding hydrogens is 416 g/mol. The maximum Gasteiger partial charge on any atom is 0.258 e. The Labute approximate surface area is 182 Å². The number of rotatable bonds is 5. The predicted octanol–water partition coefficient (Wildman–Crippen LogP) is 4.01. The largest absolute Gasteiger partial charge is 0.380 e. The molecule has 1 saturated heterocycles. The molecule has 10 heteroatoms. The lowest BCUT2D eigenvalue weighted by Crippen LogP contribution is -2.47. The second-order valence-corrected chi connectivity index (χ2v) is 8.94. The van der Waals surface area contributed by atoms with Crippen molar-refractivity contribution < 1.29 is 13.5 Å². The van der Waals surface area contributed by atoms with E-state index in [0.717, 1.165) is 48.2 Å². The summed E-state index contributed by atoms with van der Waals surface area (Å²) in [5.74, 6) is 0.617. The SMILES string of the molecule is FC(F)Cn1nnc2ccc(-c3c[nH]c4nc(NC5CCC6(CC5)COC6)ncc34)cc21. The van der Waals surface area contributed by atoms with Crippen LogP contribution in [0.25, 0.3) is 33.2 Å². The predicted molar refractivity (Wildman–Crippen MR) is 116 cm³/mol. The lowest BCUT2D eigenvalue weighted by Gasteiger charge is -2.46. The maximum absolute atomic E-state index is 12.9. The number of benzene rings is 1. The molecule has 1 saturated carbocycles. The second-order valence-electron chi connectivity index (χ2n) is 8.94. The minimum absolute atomic E-state index is 0.373. The van der Waals surface area contributed by atoms with E-state index in [9.17, 15) is 8.78 Å². The highest BCUT2D eigenvalue weighted by Crippen LogP contribution is 2.42. The molecule has 166 valence electrons. The van der Waals surface area contributed by atoms with E-state index in [1.165, 1.54) is 17.5 Å². The van der Waals surface area contributed by atoms with Gasteiger partial charge in [-0.1, -0.05) is 11.3 Å². The Morgan fingerprint density at radius 2 is 2.09 bits per heavy atom. The molecule has 6 rings (SSSR count). The van der Waals surface area contributed by atoms with E-state index in [4.69, 9.17) is 4.74 Å². The topological polar surface area (TPSA) is 93.5 Å². The van der Waals surface area contributed by atoms with Crippen molar-refractivity contribution in [3.8, 4) is 11.1 Å². The molecule has 1 spiro atoms. The zero-order valence-electron chi connectivity index (χ0n) is 17.4. The van der Waals surface area contributed by atoms with Crippen LogP contribution in [0.2, 0.25) is 0 Å². The fraction of sp³-hybridized carbons (Fsp3) is 0.455. The summed E-state index contributed by atoms with van der Waals surface area (Å²) in [5.41, 5.74) is 4.08. The normalized spacial score (nSPS) is 18.6. The Hall–Kier alpha value is -3.14. The van der Waals surface area contributed by atoms with Gasteiger partial charge >= 0.3 is 0 Å². The number of nitrogens with one attached hydrogen (secondary N) is 2. The fourth-order valence-electron chi connectivity index (χ4n) is 4.85. The van der Waals surface area contributed by atoms with Gasteiger partial charge in [0.1, 0.15) is 17.7 Å². The summed E-state index contributed by atoms with van der Waals surface area (Å²) in [6.07, 6.45) is 5.74. The van der Waals surface area contributed by atoms with Gasteiger partial charge < -0.3 is 15.0 Å². The van der Waals surface area contributed by atoms with Gasteiger partial charge in [0, 0.05) is 34.8 Å². The highest BCUT2D eigenvalue weighted by atomic mass is 19.3. The Morgan fingerprint density at radius 3 is 2.84 bits per heavy atom. The monoisotopic (exact) mass is 439 g/mol. The summed E-state index contributed by atoms with van der Waals surface area (Å²) in [6, 6.07) is 5.89. The molecular formula is C22H23F2N7O. The number of nitrogens with zero attached hydrogens (tertiary/aromatic N) is 5. The van der Waals surface area contributed by atoms with E-state index in [-0.39, 0.29) is 0 Å². The summed E-state index contributed by atoms with van der Waals surface area (Å²) in [6.45, 7) is 1.32. The second kappa shape index (κ2) is 7.47. The number of anilines is 1. The van der Waals surface area contributed by atoms with Crippen LogP contribution in [0.5, 0.6) is 0 Å². The first-order valence-electron chi connectivity index (χ1n) is 10.9. The molecule has 4 heterocycles. The molecule has 0 atom stereocenters. The van der Waals surface area contributed by atoms with E-state index < -0.39 is 13.0 Å².